The molecule has 0 unspecified atom stereocenters. The number of pyridine rings is 1. The minimum absolute atomic E-state index is 0.525. The SMILES string of the molecule is Nc1cc(-c2nc3ccccc3s2)ccn1. The second-order valence-corrected chi connectivity index (χ2v) is 4.49. The van der Waals surface area contributed by atoms with Crippen molar-refractivity contribution in [2.75, 3.05) is 5.73 Å². The summed E-state index contributed by atoms with van der Waals surface area (Å²) in [6.07, 6.45) is 1.71. The predicted octanol–water partition coefficient (Wildman–Crippen LogP) is 2.94. The molecule has 3 rings (SSSR count). The third-order valence-corrected chi connectivity index (χ3v) is 3.41. The molecule has 3 nitrogen and oxygen atoms in total. The number of nitrogen functional groups attached to an aromatic ring is 1. The number of rotatable bonds is 1. The molecule has 2 heterocycles. The largest absolute Gasteiger partial charge is 0.384 e. The van der Waals surface area contributed by atoms with Gasteiger partial charge in [-0.15, -0.1) is 11.3 Å². The van der Waals surface area contributed by atoms with Crippen LogP contribution < -0.4 is 5.73 Å². The molecule has 4 heteroatoms. The summed E-state index contributed by atoms with van der Waals surface area (Å²) in [5.41, 5.74) is 7.70. The molecule has 0 saturated carbocycles. The number of nitrogens with zero attached hydrogens (tertiary/aromatic N) is 2. The topological polar surface area (TPSA) is 51.8 Å². The number of hydrogen-bond donors (Lipinski definition) is 1. The third-order valence-electron chi connectivity index (χ3n) is 2.32. The van der Waals surface area contributed by atoms with Gasteiger partial charge in [0, 0.05) is 11.8 Å². The Balaban J connectivity index is 2.19. The van der Waals surface area contributed by atoms with Gasteiger partial charge < -0.3 is 5.73 Å². The summed E-state index contributed by atoms with van der Waals surface area (Å²) < 4.78 is 1.19. The molecule has 0 aliphatic rings. The van der Waals surface area contributed by atoms with Crippen LogP contribution in [0.5, 0.6) is 0 Å². The maximum absolute atomic E-state index is 5.66. The molecule has 0 fully saturated rings. The van der Waals surface area contributed by atoms with E-state index >= 15 is 0 Å². The van der Waals surface area contributed by atoms with Crippen molar-refractivity contribution in [3.05, 3.63) is 42.6 Å². The van der Waals surface area contributed by atoms with E-state index in [0.29, 0.717) is 5.82 Å². The van der Waals surface area contributed by atoms with Crippen LogP contribution in [0.1, 0.15) is 0 Å². The number of benzene rings is 1. The standard InChI is InChI=1S/C12H9N3S/c13-11-7-8(5-6-14-11)12-15-9-3-1-2-4-10(9)16-12/h1-7H,(H2,13,14). The smallest absolute Gasteiger partial charge is 0.124 e. The number of thiazole rings is 1. The van der Waals surface area contributed by atoms with Crippen molar-refractivity contribution in [2.24, 2.45) is 0 Å². The Morgan fingerprint density at radius 3 is 2.81 bits per heavy atom. The Kier molecular flexibility index (Phi) is 2.08. The van der Waals surface area contributed by atoms with E-state index in [1.54, 1.807) is 17.5 Å². The fraction of sp³-hybridized carbons (Fsp3) is 0. The van der Waals surface area contributed by atoms with Crippen molar-refractivity contribution < 1.29 is 0 Å². The van der Waals surface area contributed by atoms with Crippen LogP contribution in [0, 0.1) is 0 Å². The molecule has 3 aromatic rings. The van der Waals surface area contributed by atoms with E-state index in [4.69, 9.17) is 5.73 Å². The molecule has 1 aromatic carbocycles. The molecular weight excluding hydrogens is 218 g/mol. The van der Waals surface area contributed by atoms with Gasteiger partial charge in [0.15, 0.2) is 0 Å². The highest BCUT2D eigenvalue weighted by Crippen LogP contribution is 2.30. The van der Waals surface area contributed by atoms with Gasteiger partial charge in [-0.1, -0.05) is 12.1 Å². The van der Waals surface area contributed by atoms with Crippen molar-refractivity contribution in [3.63, 3.8) is 0 Å². The lowest BCUT2D eigenvalue weighted by Gasteiger charge is -1.95. The fourth-order valence-electron chi connectivity index (χ4n) is 1.58. The maximum atomic E-state index is 5.66. The number of nitrogens with two attached hydrogens (primary N) is 1. The van der Waals surface area contributed by atoms with Crippen LogP contribution in [-0.2, 0) is 0 Å². The highest BCUT2D eigenvalue weighted by atomic mass is 32.1. The van der Waals surface area contributed by atoms with Crippen LogP contribution in [0.3, 0.4) is 0 Å². The van der Waals surface area contributed by atoms with Gasteiger partial charge in [-0.3, -0.25) is 0 Å². The van der Waals surface area contributed by atoms with Crippen molar-refractivity contribution in [3.8, 4) is 10.6 Å². The van der Waals surface area contributed by atoms with Crippen molar-refractivity contribution >= 4 is 27.4 Å². The molecule has 2 N–H and O–H groups in total. The van der Waals surface area contributed by atoms with E-state index in [9.17, 15) is 0 Å². The summed E-state index contributed by atoms with van der Waals surface area (Å²) >= 11 is 1.66. The highest BCUT2D eigenvalue weighted by molar-refractivity contribution is 7.21. The summed E-state index contributed by atoms with van der Waals surface area (Å²) in [5, 5.41) is 0.982. The minimum Gasteiger partial charge on any atom is -0.384 e. The van der Waals surface area contributed by atoms with E-state index in [-0.39, 0.29) is 0 Å². The fourth-order valence-corrected chi connectivity index (χ4v) is 2.54. The van der Waals surface area contributed by atoms with E-state index in [0.717, 1.165) is 16.1 Å². The zero-order chi connectivity index (χ0) is 11.0. The number of hydrogen-bond acceptors (Lipinski definition) is 4. The van der Waals surface area contributed by atoms with Crippen LogP contribution in [0.15, 0.2) is 42.6 Å². The second-order valence-electron chi connectivity index (χ2n) is 3.46. The van der Waals surface area contributed by atoms with Gasteiger partial charge in [-0.25, -0.2) is 9.97 Å². The summed E-state index contributed by atoms with van der Waals surface area (Å²) in [6.45, 7) is 0. The summed E-state index contributed by atoms with van der Waals surface area (Å²) in [7, 11) is 0. The third kappa shape index (κ3) is 1.53. The van der Waals surface area contributed by atoms with Crippen molar-refractivity contribution in [1.82, 2.24) is 9.97 Å². The quantitative estimate of drug-likeness (QED) is 0.695. The molecule has 0 aliphatic carbocycles. The number of para-hydroxylation sites is 1. The first-order valence-corrected chi connectivity index (χ1v) is 5.72. The van der Waals surface area contributed by atoms with Crippen LogP contribution in [-0.4, -0.2) is 9.97 Å². The number of aromatic nitrogens is 2. The van der Waals surface area contributed by atoms with Crippen molar-refractivity contribution in [1.29, 1.82) is 0 Å². The average molecular weight is 227 g/mol. The van der Waals surface area contributed by atoms with Crippen LogP contribution >= 0.6 is 11.3 Å². The highest BCUT2D eigenvalue weighted by Gasteiger charge is 2.05. The molecule has 16 heavy (non-hydrogen) atoms. The van der Waals surface area contributed by atoms with Gasteiger partial charge in [0.25, 0.3) is 0 Å². The van der Waals surface area contributed by atoms with Crippen LogP contribution in [0.2, 0.25) is 0 Å². The monoisotopic (exact) mass is 227 g/mol. The van der Waals surface area contributed by atoms with Gasteiger partial charge in [-0.05, 0) is 24.3 Å². The molecule has 0 atom stereocenters. The number of fused-ring (bicyclic) bond motifs is 1. The zero-order valence-electron chi connectivity index (χ0n) is 8.42. The summed E-state index contributed by atoms with van der Waals surface area (Å²) in [5.74, 6) is 0.525. The normalized spacial score (nSPS) is 10.8. The molecule has 78 valence electrons. The molecule has 0 saturated heterocycles. The lowest BCUT2D eigenvalue weighted by molar-refractivity contribution is 1.33. The van der Waals surface area contributed by atoms with E-state index in [2.05, 4.69) is 16.0 Å². The Hall–Kier alpha value is -1.94. The Morgan fingerprint density at radius 2 is 2.00 bits per heavy atom. The zero-order valence-corrected chi connectivity index (χ0v) is 9.24. The molecule has 0 amide bonds. The first-order valence-electron chi connectivity index (χ1n) is 4.90. The molecule has 0 bridgehead atoms. The number of anilines is 1. The van der Waals surface area contributed by atoms with E-state index in [1.165, 1.54) is 4.70 Å². The Bertz CT molecular complexity index is 612. The van der Waals surface area contributed by atoms with Crippen molar-refractivity contribution in [2.45, 2.75) is 0 Å². The summed E-state index contributed by atoms with van der Waals surface area (Å²) in [6, 6.07) is 11.9. The molecule has 0 spiro atoms. The second kappa shape index (κ2) is 3.57. The van der Waals surface area contributed by atoms with Crippen LogP contribution in [0.4, 0.5) is 5.82 Å². The lowest BCUT2D eigenvalue weighted by Crippen LogP contribution is -1.88. The van der Waals surface area contributed by atoms with E-state index in [1.807, 2.05) is 30.3 Å². The maximum Gasteiger partial charge on any atom is 0.124 e. The lowest BCUT2D eigenvalue weighted by atomic mass is 10.3. The van der Waals surface area contributed by atoms with E-state index < -0.39 is 0 Å². The summed E-state index contributed by atoms with van der Waals surface area (Å²) in [4.78, 5) is 8.53. The predicted molar refractivity (Wildman–Crippen MR) is 67.3 cm³/mol. The van der Waals surface area contributed by atoms with Gasteiger partial charge in [0.05, 0.1) is 10.2 Å². The Morgan fingerprint density at radius 1 is 1.12 bits per heavy atom. The molecule has 0 aliphatic heterocycles. The molecule has 2 aromatic heterocycles. The molecule has 0 radical (unpaired) electrons. The van der Waals surface area contributed by atoms with Gasteiger partial charge in [0.2, 0.25) is 0 Å². The molecular formula is C12H9N3S. The first-order chi connectivity index (χ1) is 7.83. The first kappa shape index (κ1) is 9.30. The van der Waals surface area contributed by atoms with Crippen LogP contribution in [0.25, 0.3) is 20.8 Å². The average Bonchev–Trinajstić information content (AvgIpc) is 2.72. The van der Waals surface area contributed by atoms with Gasteiger partial charge in [-0.2, -0.15) is 0 Å². The Labute approximate surface area is 96.6 Å². The van der Waals surface area contributed by atoms with Gasteiger partial charge in [0.1, 0.15) is 10.8 Å². The minimum atomic E-state index is 0.525. The van der Waals surface area contributed by atoms with Gasteiger partial charge >= 0.3 is 0 Å².